The van der Waals surface area contributed by atoms with Crippen LogP contribution in [0.4, 0.5) is 0 Å². The van der Waals surface area contributed by atoms with Gasteiger partial charge in [0, 0.05) is 12.0 Å². The Morgan fingerprint density at radius 1 is 1.50 bits per heavy atom. The van der Waals surface area contributed by atoms with Crippen molar-refractivity contribution in [2.45, 2.75) is 18.6 Å². The van der Waals surface area contributed by atoms with Gasteiger partial charge in [-0.2, -0.15) is 0 Å². The van der Waals surface area contributed by atoms with Crippen molar-refractivity contribution >= 4 is 6.40 Å². The molecule has 1 aliphatic carbocycles. The number of nitrogens with zero attached hydrogens (tertiary/aromatic N) is 1. The Labute approximate surface area is 83.1 Å². The average molecular weight is 191 g/mol. The highest BCUT2D eigenvalue weighted by atomic mass is 16.5. The van der Waals surface area contributed by atoms with Crippen LogP contribution >= 0.6 is 0 Å². The highest BCUT2D eigenvalue weighted by Crippen LogP contribution is 2.37. The Morgan fingerprint density at radius 2 is 2.29 bits per heavy atom. The van der Waals surface area contributed by atoms with Crippen LogP contribution in [0.3, 0.4) is 0 Å². The molecule has 1 aliphatic rings. The van der Waals surface area contributed by atoms with Gasteiger partial charge in [-0.25, -0.2) is 4.99 Å². The Bertz CT molecular complexity index is 362. The zero-order valence-corrected chi connectivity index (χ0v) is 8.10. The summed E-state index contributed by atoms with van der Waals surface area (Å²) in [6.45, 7) is 0. The van der Waals surface area contributed by atoms with Crippen LogP contribution in [0.15, 0.2) is 29.3 Å². The quantitative estimate of drug-likeness (QED) is 0.568. The van der Waals surface area contributed by atoms with Crippen LogP contribution < -0.4 is 0 Å². The first-order valence-electron chi connectivity index (χ1n) is 4.63. The van der Waals surface area contributed by atoms with Gasteiger partial charge in [0.25, 0.3) is 0 Å². The fraction of sp³-hybridized carbons (Fsp3) is 0.364. The first-order valence-corrected chi connectivity index (χ1v) is 4.63. The van der Waals surface area contributed by atoms with Gasteiger partial charge in [-0.3, -0.25) is 0 Å². The van der Waals surface area contributed by atoms with E-state index in [4.69, 9.17) is 4.74 Å². The highest BCUT2D eigenvalue weighted by molar-refractivity contribution is 5.49. The minimum absolute atomic E-state index is 0.631. The lowest BCUT2D eigenvalue weighted by molar-refractivity contribution is 0.0471. The molecule has 14 heavy (non-hydrogen) atoms. The van der Waals surface area contributed by atoms with Crippen molar-refractivity contribution in [1.29, 1.82) is 0 Å². The summed E-state index contributed by atoms with van der Waals surface area (Å²) in [6.07, 6.45) is 2.79. The Kier molecular flexibility index (Phi) is 2.25. The normalized spacial score (nSPS) is 25.3. The second-order valence-electron chi connectivity index (χ2n) is 3.44. The molecule has 0 saturated carbocycles. The van der Waals surface area contributed by atoms with E-state index >= 15 is 0 Å². The van der Waals surface area contributed by atoms with Crippen LogP contribution in [0.1, 0.15) is 17.5 Å². The van der Waals surface area contributed by atoms with Gasteiger partial charge in [-0.1, -0.05) is 24.3 Å². The van der Waals surface area contributed by atoms with Gasteiger partial charge in [0.15, 0.2) is 12.1 Å². The molecule has 0 spiro atoms. The summed E-state index contributed by atoms with van der Waals surface area (Å²) in [5.74, 6) is 0. The standard InChI is InChI=1S/C11H13NO2/c1-14-8-12-11(13)7-6-9-4-2-3-5-10(9)11/h2-5,8,13H,6-7H2,1H3. The number of hydrogen-bond donors (Lipinski definition) is 1. The number of ether oxygens (including phenoxy) is 1. The molecule has 1 aromatic carbocycles. The lowest BCUT2D eigenvalue weighted by Gasteiger charge is -2.17. The number of fused-ring (bicyclic) bond motifs is 1. The van der Waals surface area contributed by atoms with Crippen molar-refractivity contribution in [2.24, 2.45) is 4.99 Å². The maximum atomic E-state index is 10.2. The molecule has 0 radical (unpaired) electrons. The summed E-state index contributed by atoms with van der Waals surface area (Å²) in [6, 6.07) is 7.83. The number of aryl methyl sites for hydroxylation is 1. The van der Waals surface area contributed by atoms with Gasteiger partial charge in [0.2, 0.25) is 0 Å². The molecule has 1 atom stereocenters. The maximum Gasteiger partial charge on any atom is 0.186 e. The van der Waals surface area contributed by atoms with E-state index in [-0.39, 0.29) is 0 Å². The lowest BCUT2D eigenvalue weighted by atomic mass is 10.1. The predicted octanol–water partition coefficient (Wildman–Crippen LogP) is 1.45. The van der Waals surface area contributed by atoms with Crippen LogP contribution in [-0.4, -0.2) is 18.6 Å². The number of rotatable bonds is 2. The van der Waals surface area contributed by atoms with Crippen molar-refractivity contribution in [1.82, 2.24) is 0 Å². The van der Waals surface area contributed by atoms with E-state index in [1.54, 1.807) is 0 Å². The molecule has 1 N–H and O–H groups in total. The van der Waals surface area contributed by atoms with Crippen molar-refractivity contribution in [3.8, 4) is 0 Å². The third kappa shape index (κ3) is 1.40. The molecule has 0 aliphatic heterocycles. The smallest absolute Gasteiger partial charge is 0.186 e. The molecule has 0 aromatic heterocycles. The Hall–Kier alpha value is -1.35. The molecule has 0 bridgehead atoms. The zero-order valence-electron chi connectivity index (χ0n) is 8.10. The summed E-state index contributed by atoms with van der Waals surface area (Å²) in [5, 5.41) is 10.2. The molecule has 3 nitrogen and oxygen atoms in total. The number of hydrogen-bond acceptors (Lipinski definition) is 3. The van der Waals surface area contributed by atoms with E-state index in [0.29, 0.717) is 6.42 Å². The molecular weight excluding hydrogens is 178 g/mol. The zero-order chi connectivity index (χ0) is 10.0. The summed E-state index contributed by atoms with van der Waals surface area (Å²) >= 11 is 0. The van der Waals surface area contributed by atoms with Crippen LogP contribution in [0.5, 0.6) is 0 Å². The molecule has 1 aromatic rings. The first kappa shape index (κ1) is 9.21. The number of aliphatic imine (C=N–C) groups is 1. The fourth-order valence-corrected chi connectivity index (χ4v) is 1.85. The molecule has 0 heterocycles. The maximum absolute atomic E-state index is 10.2. The van der Waals surface area contributed by atoms with Gasteiger partial charge in [0.05, 0.1) is 7.11 Å². The average Bonchev–Trinajstić information content (AvgIpc) is 2.55. The van der Waals surface area contributed by atoms with Gasteiger partial charge in [-0.05, 0) is 12.0 Å². The lowest BCUT2D eigenvalue weighted by Crippen LogP contribution is -2.19. The van der Waals surface area contributed by atoms with Gasteiger partial charge in [0.1, 0.15) is 0 Å². The summed E-state index contributed by atoms with van der Waals surface area (Å²) < 4.78 is 4.73. The van der Waals surface area contributed by atoms with Crippen LogP contribution in [-0.2, 0) is 16.9 Å². The first-order chi connectivity index (χ1) is 6.76. The molecule has 74 valence electrons. The molecule has 3 heteroatoms. The van der Waals surface area contributed by atoms with Crippen LogP contribution in [0, 0.1) is 0 Å². The van der Waals surface area contributed by atoms with E-state index in [9.17, 15) is 5.11 Å². The van der Waals surface area contributed by atoms with E-state index in [0.717, 1.165) is 12.0 Å². The third-order valence-electron chi connectivity index (χ3n) is 2.56. The molecular formula is C11H13NO2. The van der Waals surface area contributed by atoms with Crippen molar-refractivity contribution in [3.63, 3.8) is 0 Å². The number of methoxy groups -OCH3 is 1. The van der Waals surface area contributed by atoms with E-state index in [1.165, 1.54) is 19.1 Å². The molecule has 0 amide bonds. The molecule has 0 fully saturated rings. The van der Waals surface area contributed by atoms with Crippen molar-refractivity contribution in [3.05, 3.63) is 35.4 Å². The molecule has 1 unspecified atom stereocenters. The van der Waals surface area contributed by atoms with Gasteiger partial charge < -0.3 is 9.84 Å². The number of aliphatic hydroxyl groups is 1. The molecule has 2 rings (SSSR count). The number of benzene rings is 1. The van der Waals surface area contributed by atoms with E-state index < -0.39 is 5.72 Å². The summed E-state index contributed by atoms with van der Waals surface area (Å²) in [7, 11) is 1.52. The third-order valence-corrected chi connectivity index (χ3v) is 2.56. The SMILES string of the molecule is COC=NC1(O)CCc2ccccc21. The Morgan fingerprint density at radius 3 is 3.07 bits per heavy atom. The highest BCUT2D eigenvalue weighted by Gasteiger charge is 2.35. The van der Waals surface area contributed by atoms with Crippen LogP contribution in [0.2, 0.25) is 0 Å². The topological polar surface area (TPSA) is 41.8 Å². The van der Waals surface area contributed by atoms with Crippen molar-refractivity contribution in [2.75, 3.05) is 7.11 Å². The largest absolute Gasteiger partial charge is 0.487 e. The minimum atomic E-state index is -1.08. The van der Waals surface area contributed by atoms with Crippen molar-refractivity contribution < 1.29 is 9.84 Å². The summed E-state index contributed by atoms with van der Waals surface area (Å²) in [5.41, 5.74) is 0.989. The van der Waals surface area contributed by atoms with Crippen LogP contribution in [0.25, 0.3) is 0 Å². The Balaban J connectivity index is 2.37. The van der Waals surface area contributed by atoms with E-state index in [2.05, 4.69) is 4.99 Å². The monoisotopic (exact) mass is 191 g/mol. The van der Waals surface area contributed by atoms with Gasteiger partial charge in [-0.15, -0.1) is 0 Å². The predicted molar refractivity (Wildman–Crippen MR) is 54.2 cm³/mol. The molecule has 0 saturated heterocycles. The fourth-order valence-electron chi connectivity index (χ4n) is 1.85. The summed E-state index contributed by atoms with van der Waals surface area (Å²) in [4.78, 5) is 4.02. The minimum Gasteiger partial charge on any atom is -0.487 e. The second-order valence-corrected chi connectivity index (χ2v) is 3.44. The second kappa shape index (κ2) is 3.42. The van der Waals surface area contributed by atoms with E-state index in [1.807, 2.05) is 24.3 Å². The van der Waals surface area contributed by atoms with Gasteiger partial charge >= 0.3 is 0 Å².